The van der Waals surface area contributed by atoms with Crippen LogP contribution in [0.15, 0.2) is 6.07 Å². The van der Waals surface area contributed by atoms with E-state index >= 15 is 0 Å². The summed E-state index contributed by atoms with van der Waals surface area (Å²) in [6, 6.07) is 2.28. The van der Waals surface area contributed by atoms with Crippen molar-refractivity contribution in [3.8, 4) is 10.6 Å². The number of aromatic nitrogens is 4. The highest BCUT2D eigenvalue weighted by atomic mass is 32.1. The van der Waals surface area contributed by atoms with Gasteiger partial charge in [-0.25, -0.2) is 0 Å². The topological polar surface area (TPSA) is 63.6 Å². The molecule has 0 amide bonds. The van der Waals surface area contributed by atoms with E-state index in [1.807, 2.05) is 13.0 Å². The van der Waals surface area contributed by atoms with E-state index in [4.69, 9.17) is 0 Å². The maximum absolute atomic E-state index is 4.33. The van der Waals surface area contributed by atoms with Crippen LogP contribution in [0.25, 0.3) is 10.6 Å². The van der Waals surface area contributed by atoms with E-state index in [9.17, 15) is 0 Å². The van der Waals surface area contributed by atoms with Gasteiger partial charge in [0.2, 0.25) is 0 Å². The molecule has 1 atom stereocenters. The maximum atomic E-state index is 4.33. The van der Waals surface area contributed by atoms with Gasteiger partial charge < -0.3 is 5.32 Å². The third-order valence-corrected chi connectivity index (χ3v) is 4.21. The lowest BCUT2D eigenvalue weighted by atomic mass is 10.1. The van der Waals surface area contributed by atoms with Crippen LogP contribution < -0.4 is 5.32 Å². The van der Waals surface area contributed by atoms with Crippen molar-refractivity contribution in [3.63, 3.8) is 0 Å². The van der Waals surface area contributed by atoms with Crippen molar-refractivity contribution in [2.24, 2.45) is 0 Å². The molecule has 2 aromatic heterocycles. The summed E-state index contributed by atoms with van der Waals surface area (Å²) in [5.41, 5.74) is 2.95. The van der Waals surface area contributed by atoms with Crippen molar-refractivity contribution in [1.29, 1.82) is 0 Å². The maximum Gasteiger partial charge on any atom is 0.149 e. The summed E-state index contributed by atoms with van der Waals surface area (Å²) in [7, 11) is 0. The molecule has 0 saturated heterocycles. The molecule has 20 heavy (non-hydrogen) atoms. The minimum atomic E-state index is 0.238. The third kappa shape index (κ3) is 3.37. The Hall–Kier alpha value is -1.40. The summed E-state index contributed by atoms with van der Waals surface area (Å²) in [4.78, 5) is 0. The molecule has 0 aliphatic rings. The second-order valence-corrected chi connectivity index (χ2v) is 5.83. The average molecular weight is 291 g/mol. The fourth-order valence-electron chi connectivity index (χ4n) is 1.93. The molecule has 1 unspecified atom stereocenters. The Bertz CT molecular complexity index is 566. The first-order chi connectivity index (χ1) is 9.65. The summed E-state index contributed by atoms with van der Waals surface area (Å²) in [6.07, 6.45) is 1.96. The molecule has 2 aromatic rings. The predicted octanol–water partition coefficient (Wildman–Crippen LogP) is 2.93. The molecular weight excluding hydrogens is 270 g/mol. The summed E-state index contributed by atoms with van der Waals surface area (Å²) in [6.45, 7) is 9.30. The molecule has 0 aliphatic heterocycles. The molecule has 0 aliphatic carbocycles. The molecule has 2 rings (SSSR count). The van der Waals surface area contributed by atoms with Crippen molar-refractivity contribution in [3.05, 3.63) is 22.5 Å². The lowest BCUT2D eigenvalue weighted by Gasteiger charge is -2.08. The van der Waals surface area contributed by atoms with Crippen molar-refractivity contribution in [1.82, 2.24) is 25.7 Å². The third-order valence-electron chi connectivity index (χ3n) is 3.07. The van der Waals surface area contributed by atoms with Crippen LogP contribution in [0.4, 0.5) is 0 Å². The van der Waals surface area contributed by atoms with Crippen LogP contribution in [0.5, 0.6) is 0 Å². The first-order valence-corrected chi connectivity index (χ1v) is 7.87. The minimum absolute atomic E-state index is 0.238. The van der Waals surface area contributed by atoms with Crippen molar-refractivity contribution in [2.45, 2.75) is 46.6 Å². The highest BCUT2D eigenvalue weighted by molar-refractivity contribution is 7.14. The largest absolute Gasteiger partial charge is 0.308 e. The molecule has 108 valence electrons. The Labute approximate surface area is 123 Å². The molecule has 0 radical (unpaired) electrons. The van der Waals surface area contributed by atoms with Crippen LogP contribution in [0.3, 0.4) is 0 Å². The van der Waals surface area contributed by atoms with E-state index in [1.165, 1.54) is 0 Å². The lowest BCUT2D eigenvalue weighted by Crippen LogP contribution is -2.18. The number of aryl methyl sites for hydroxylation is 2. The van der Waals surface area contributed by atoms with Gasteiger partial charge in [-0.15, -0.1) is 10.2 Å². The predicted molar refractivity (Wildman–Crippen MR) is 81.8 cm³/mol. The molecule has 0 spiro atoms. The van der Waals surface area contributed by atoms with Gasteiger partial charge in [-0.1, -0.05) is 25.2 Å². The number of rotatable bonds is 6. The number of nitrogens with zero attached hydrogens (tertiary/aromatic N) is 4. The molecule has 1 N–H and O–H groups in total. The van der Waals surface area contributed by atoms with E-state index in [0.29, 0.717) is 0 Å². The second kappa shape index (κ2) is 6.85. The second-order valence-electron chi connectivity index (χ2n) is 4.82. The van der Waals surface area contributed by atoms with Crippen LogP contribution in [0, 0.1) is 6.92 Å². The lowest BCUT2D eigenvalue weighted by molar-refractivity contribution is 0.564. The van der Waals surface area contributed by atoms with E-state index in [-0.39, 0.29) is 6.04 Å². The standard InChI is InChI=1S/C14H21N5S/c1-5-7-15-10(4)13-18-19-14(20-13)11-8-9(3)16-17-12(11)6-2/h8,10,15H,5-7H2,1-4H3. The van der Waals surface area contributed by atoms with E-state index in [1.54, 1.807) is 11.3 Å². The van der Waals surface area contributed by atoms with Crippen molar-refractivity contribution < 1.29 is 0 Å². The zero-order chi connectivity index (χ0) is 14.5. The fraction of sp³-hybridized carbons (Fsp3) is 0.571. The Morgan fingerprint density at radius 3 is 2.70 bits per heavy atom. The minimum Gasteiger partial charge on any atom is -0.308 e. The average Bonchev–Trinajstić information content (AvgIpc) is 2.94. The van der Waals surface area contributed by atoms with Gasteiger partial charge in [0.25, 0.3) is 0 Å². The van der Waals surface area contributed by atoms with E-state index < -0.39 is 0 Å². The Morgan fingerprint density at radius 2 is 2.00 bits per heavy atom. The molecular formula is C14H21N5S. The smallest absolute Gasteiger partial charge is 0.149 e. The van der Waals surface area contributed by atoms with Gasteiger partial charge in [0.05, 0.1) is 17.4 Å². The van der Waals surface area contributed by atoms with Crippen molar-refractivity contribution in [2.75, 3.05) is 6.54 Å². The summed E-state index contributed by atoms with van der Waals surface area (Å²) < 4.78 is 0. The molecule has 0 saturated carbocycles. The summed E-state index contributed by atoms with van der Waals surface area (Å²) in [5, 5.41) is 22.4. The molecule has 0 fully saturated rings. The molecule has 6 heteroatoms. The summed E-state index contributed by atoms with van der Waals surface area (Å²) >= 11 is 1.63. The van der Waals surface area contributed by atoms with Gasteiger partial charge in [0.1, 0.15) is 10.0 Å². The monoisotopic (exact) mass is 291 g/mol. The quantitative estimate of drug-likeness (QED) is 0.886. The number of nitrogens with one attached hydrogen (secondary N) is 1. The number of hydrogen-bond acceptors (Lipinski definition) is 6. The Kier molecular flexibility index (Phi) is 5.14. The summed E-state index contributed by atoms with van der Waals surface area (Å²) in [5.74, 6) is 0. The van der Waals surface area contributed by atoms with Gasteiger partial charge in [-0.2, -0.15) is 10.2 Å². The highest BCUT2D eigenvalue weighted by Crippen LogP contribution is 2.28. The van der Waals surface area contributed by atoms with E-state index in [2.05, 4.69) is 46.5 Å². The molecule has 5 nitrogen and oxygen atoms in total. The first kappa shape index (κ1) is 15.0. The van der Waals surface area contributed by atoms with Crippen molar-refractivity contribution >= 4 is 11.3 Å². The van der Waals surface area contributed by atoms with Crippen LogP contribution in [-0.2, 0) is 6.42 Å². The van der Waals surface area contributed by atoms with Gasteiger partial charge >= 0.3 is 0 Å². The number of hydrogen-bond donors (Lipinski definition) is 1. The van der Waals surface area contributed by atoms with Crippen LogP contribution in [0.2, 0.25) is 0 Å². The highest BCUT2D eigenvalue weighted by Gasteiger charge is 2.15. The zero-order valence-electron chi connectivity index (χ0n) is 12.5. The Morgan fingerprint density at radius 1 is 1.20 bits per heavy atom. The fourth-order valence-corrected chi connectivity index (χ4v) is 2.84. The van der Waals surface area contributed by atoms with Gasteiger partial charge in [0.15, 0.2) is 0 Å². The van der Waals surface area contributed by atoms with Crippen LogP contribution >= 0.6 is 11.3 Å². The van der Waals surface area contributed by atoms with Gasteiger partial charge in [-0.3, -0.25) is 0 Å². The Balaban J connectivity index is 2.26. The van der Waals surface area contributed by atoms with Crippen LogP contribution in [-0.4, -0.2) is 26.9 Å². The van der Waals surface area contributed by atoms with Crippen LogP contribution in [0.1, 0.15) is 49.6 Å². The normalized spacial score (nSPS) is 12.6. The van der Waals surface area contributed by atoms with Gasteiger partial charge in [0, 0.05) is 5.56 Å². The zero-order valence-corrected chi connectivity index (χ0v) is 13.3. The SMILES string of the molecule is CCCNC(C)c1nnc(-c2cc(C)nnc2CC)s1. The van der Waals surface area contributed by atoms with E-state index in [0.717, 1.165) is 46.4 Å². The molecule has 2 heterocycles. The molecule has 0 aromatic carbocycles. The van der Waals surface area contributed by atoms with Gasteiger partial charge in [-0.05, 0) is 39.3 Å². The molecule has 0 bridgehead atoms. The first-order valence-electron chi connectivity index (χ1n) is 7.06.